The number of ether oxygens (including phenoxy) is 1. The van der Waals surface area contributed by atoms with Gasteiger partial charge in [-0.1, -0.05) is 0 Å². The van der Waals surface area contributed by atoms with E-state index >= 15 is 0 Å². The number of piperidine rings is 1. The Balaban J connectivity index is 1.73. The fraction of sp³-hybridized carbons (Fsp3) is 0.591. The summed E-state index contributed by atoms with van der Waals surface area (Å²) in [5.41, 5.74) is 15.3. The number of fused-ring (bicyclic) bond motifs is 3. The molecule has 1 atom stereocenters. The number of rotatable bonds is 2. The summed E-state index contributed by atoms with van der Waals surface area (Å²) in [6.07, 6.45) is 5.73. The molecule has 8 heteroatoms. The van der Waals surface area contributed by atoms with Crippen LogP contribution in [0.1, 0.15) is 78.9 Å². The van der Waals surface area contributed by atoms with Crippen LogP contribution in [0, 0.1) is 0 Å². The first-order chi connectivity index (χ1) is 14.2. The van der Waals surface area contributed by atoms with Crippen LogP contribution in [0.3, 0.4) is 0 Å². The van der Waals surface area contributed by atoms with Gasteiger partial charge in [0, 0.05) is 24.4 Å². The number of anilines is 1. The smallest absolute Gasteiger partial charge is 0.410 e. The van der Waals surface area contributed by atoms with Crippen LogP contribution in [0.2, 0.25) is 0 Å². The second kappa shape index (κ2) is 7.72. The molecule has 0 aromatic carbocycles. The molecule has 1 fully saturated rings. The highest BCUT2D eigenvalue weighted by Gasteiger charge is 2.32. The van der Waals surface area contributed by atoms with Gasteiger partial charge in [-0.15, -0.1) is 11.3 Å². The van der Waals surface area contributed by atoms with Crippen molar-refractivity contribution in [1.82, 2.24) is 9.88 Å². The molecule has 1 saturated heterocycles. The third-order valence-electron chi connectivity index (χ3n) is 5.91. The Kier molecular flexibility index (Phi) is 5.38. The summed E-state index contributed by atoms with van der Waals surface area (Å²) in [5.74, 6) is -0.349. The molecule has 1 unspecified atom stereocenters. The predicted octanol–water partition coefficient (Wildman–Crippen LogP) is 3.97. The van der Waals surface area contributed by atoms with Crippen LogP contribution in [0.25, 0.3) is 10.2 Å². The number of nitrogens with two attached hydrogens (primary N) is 2. The van der Waals surface area contributed by atoms with Crippen molar-refractivity contribution in [3.8, 4) is 0 Å². The van der Waals surface area contributed by atoms with Crippen molar-refractivity contribution in [1.29, 1.82) is 0 Å². The summed E-state index contributed by atoms with van der Waals surface area (Å²) in [4.78, 5) is 32.5. The number of hydrogen-bond donors (Lipinski definition) is 2. The summed E-state index contributed by atoms with van der Waals surface area (Å²) >= 11 is 1.28. The molecule has 4 N–H and O–H groups in total. The van der Waals surface area contributed by atoms with Crippen molar-refractivity contribution in [3.63, 3.8) is 0 Å². The van der Waals surface area contributed by atoms with Crippen LogP contribution >= 0.6 is 11.3 Å². The van der Waals surface area contributed by atoms with Crippen molar-refractivity contribution in [3.05, 3.63) is 21.7 Å². The molecule has 0 bridgehead atoms. The van der Waals surface area contributed by atoms with Gasteiger partial charge in [0.25, 0.3) is 5.91 Å². The normalized spacial score (nSPS) is 19.6. The van der Waals surface area contributed by atoms with E-state index in [1.807, 2.05) is 20.8 Å². The Labute approximate surface area is 180 Å². The molecule has 162 valence electrons. The summed E-state index contributed by atoms with van der Waals surface area (Å²) in [6, 6.07) is 0. The minimum absolute atomic E-state index is 0.155. The van der Waals surface area contributed by atoms with E-state index in [1.165, 1.54) is 22.5 Å². The number of pyridine rings is 1. The third-order valence-corrected chi connectivity index (χ3v) is 7.02. The molecule has 0 radical (unpaired) electrons. The van der Waals surface area contributed by atoms with E-state index in [0.29, 0.717) is 23.7 Å². The quantitative estimate of drug-likeness (QED) is 0.749. The van der Waals surface area contributed by atoms with Gasteiger partial charge in [-0.3, -0.25) is 4.79 Å². The molecule has 7 nitrogen and oxygen atoms in total. The van der Waals surface area contributed by atoms with Crippen LogP contribution < -0.4 is 11.5 Å². The lowest BCUT2D eigenvalue weighted by molar-refractivity contribution is 0.0197. The topological polar surface area (TPSA) is 112 Å². The summed E-state index contributed by atoms with van der Waals surface area (Å²) < 4.78 is 5.59. The SMILES string of the molecule is CC(C)(C)OC(=O)N1CCCC(c2nc3sc(C(N)=O)c(N)c3c3c2CCCC3)C1. The Hall–Kier alpha value is -2.35. The molecule has 2 amide bonds. The number of aryl methyl sites for hydroxylation is 1. The monoisotopic (exact) mass is 430 g/mol. The molecular formula is C22H30N4O3S. The molecule has 30 heavy (non-hydrogen) atoms. The van der Waals surface area contributed by atoms with Gasteiger partial charge in [-0.25, -0.2) is 9.78 Å². The number of likely N-dealkylation sites (tertiary alicyclic amines) is 1. The highest BCUT2D eigenvalue weighted by atomic mass is 32.1. The molecular weight excluding hydrogens is 400 g/mol. The molecule has 2 aromatic heterocycles. The Morgan fingerprint density at radius 3 is 2.53 bits per heavy atom. The number of aromatic nitrogens is 1. The Morgan fingerprint density at radius 2 is 1.87 bits per heavy atom. The highest BCUT2D eigenvalue weighted by Crippen LogP contribution is 2.42. The molecule has 1 aliphatic carbocycles. The van der Waals surface area contributed by atoms with Crippen LogP contribution in [-0.4, -0.2) is 40.6 Å². The van der Waals surface area contributed by atoms with Gasteiger partial charge in [-0.2, -0.15) is 0 Å². The first kappa shape index (κ1) is 20.9. The number of amides is 2. The van der Waals surface area contributed by atoms with Crippen LogP contribution in [0.5, 0.6) is 0 Å². The number of nitrogen functional groups attached to an aromatic ring is 1. The molecule has 4 rings (SSSR count). The second-order valence-electron chi connectivity index (χ2n) is 9.32. The van der Waals surface area contributed by atoms with Crippen molar-refractivity contribution in [2.24, 2.45) is 5.73 Å². The van der Waals surface area contributed by atoms with E-state index in [0.717, 1.165) is 54.4 Å². The largest absolute Gasteiger partial charge is 0.444 e. The highest BCUT2D eigenvalue weighted by molar-refractivity contribution is 7.21. The predicted molar refractivity (Wildman–Crippen MR) is 119 cm³/mol. The van der Waals surface area contributed by atoms with Crippen molar-refractivity contribution < 1.29 is 14.3 Å². The molecule has 0 spiro atoms. The zero-order chi connectivity index (χ0) is 21.6. The molecule has 3 heterocycles. The maximum Gasteiger partial charge on any atom is 0.410 e. The standard InChI is InChI=1S/C22H30N4O3S/c1-22(2,3)29-21(28)26-10-6-7-12(11-26)17-14-9-5-4-8-13(14)15-16(23)18(19(24)27)30-20(15)25-17/h12H,4-11,23H2,1-3H3,(H2,24,27). The number of thiophene rings is 1. The Bertz CT molecular complexity index is 1010. The van der Waals surface area contributed by atoms with Gasteiger partial charge < -0.3 is 21.1 Å². The zero-order valence-corrected chi connectivity index (χ0v) is 18.7. The number of carbonyl (C=O) groups excluding carboxylic acids is 2. The number of primary amides is 1. The van der Waals surface area contributed by atoms with Crippen molar-refractivity contribution >= 4 is 39.2 Å². The fourth-order valence-corrected chi connectivity index (χ4v) is 5.64. The van der Waals surface area contributed by atoms with E-state index < -0.39 is 11.5 Å². The first-order valence-corrected chi connectivity index (χ1v) is 11.5. The summed E-state index contributed by atoms with van der Waals surface area (Å²) in [6.45, 7) is 6.96. The fourth-order valence-electron chi connectivity index (χ4n) is 4.66. The lowest BCUT2D eigenvalue weighted by Crippen LogP contribution is -2.42. The second-order valence-corrected chi connectivity index (χ2v) is 10.3. The van der Waals surface area contributed by atoms with Crippen molar-refractivity contribution in [2.45, 2.75) is 70.8 Å². The summed E-state index contributed by atoms with van der Waals surface area (Å²) in [5, 5.41) is 0.909. The van der Waals surface area contributed by atoms with Crippen LogP contribution in [0.15, 0.2) is 0 Å². The van der Waals surface area contributed by atoms with Crippen LogP contribution in [0.4, 0.5) is 10.5 Å². The third kappa shape index (κ3) is 3.85. The number of nitrogens with zero attached hydrogens (tertiary/aromatic N) is 2. The lowest BCUT2D eigenvalue weighted by Gasteiger charge is -2.35. The van der Waals surface area contributed by atoms with Gasteiger partial charge in [0.15, 0.2) is 0 Å². The molecule has 2 aliphatic rings. The van der Waals surface area contributed by atoms with Crippen LogP contribution in [-0.2, 0) is 17.6 Å². The average Bonchev–Trinajstić information content (AvgIpc) is 3.03. The summed E-state index contributed by atoms with van der Waals surface area (Å²) in [7, 11) is 0. The Morgan fingerprint density at radius 1 is 1.17 bits per heavy atom. The number of carbonyl (C=O) groups is 2. The van der Waals surface area contributed by atoms with E-state index in [9.17, 15) is 9.59 Å². The number of hydrogen-bond acceptors (Lipinski definition) is 6. The molecule has 2 aromatic rings. The average molecular weight is 431 g/mol. The van der Waals surface area contributed by atoms with Gasteiger partial charge in [-0.05, 0) is 70.4 Å². The molecule has 0 saturated carbocycles. The minimum atomic E-state index is -0.514. The first-order valence-electron chi connectivity index (χ1n) is 10.7. The van der Waals surface area contributed by atoms with Gasteiger partial charge in [0.05, 0.1) is 11.4 Å². The zero-order valence-electron chi connectivity index (χ0n) is 17.9. The van der Waals surface area contributed by atoms with E-state index in [4.69, 9.17) is 21.2 Å². The maximum absolute atomic E-state index is 12.6. The van der Waals surface area contributed by atoms with E-state index in [2.05, 4.69) is 0 Å². The lowest BCUT2D eigenvalue weighted by atomic mass is 9.83. The van der Waals surface area contributed by atoms with Gasteiger partial charge in [0.2, 0.25) is 0 Å². The maximum atomic E-state index is 12.6. The minimum Gasteiger partial charge on any atom is -0.444 e. The van der Waals surface area contributed by atoms with Gasteiger partial charge >= 0.3 is 6.09 Å². The van der Waals surface area contributed by atoms with Gasteiger partial charge in [0.1, 0.15) is 15.3 Å². The van der Waals surface area contributed by atoms with E-state index in [1.54, 1.807) is 4.90 Å². The van der Waals surface area contributed by atoms with E-state index in [-0.39, 0.29) is 12.0 Å². The van der Waals surface area contributed by atoms with Crippen molar-refractivity contribution in [2.75, 3.05) is 18.8 Å². The molecule has 1 aliphatic heterocycles.